The minimum Gasteiger partial charge on any atom is -0.508 e. The van der Waals surface area contributed by atoms with E-state index < -0.39 is 5.91 Å². The van der Waals surface area contributed by atoms with Gasteiger partial charge in [-0.3, -0.25) is 9.59 Å². The molecule has 0 unspecified atom stereocenters. The van der Waals surface area contributed by atoms with E-state index in [0.717, 1.165) is 0 Å². The number of aromatic hydroxyl groups is 2. The number of carbonyl (C=O) groups excluding carboxylic acids is 1. The fraction of sp³-hybridized carbons (Fsp3) is 0.0435. The molecule has 1 amide bonds. The maximum atomic E-state index is 12.5. The normalized spacial score (nSPS) is 10.7. The zero-order chi connectivity index (χ0) is 21.1. The third-order valence-electron chi connectivity index (χ3n) is 4.34. The van der Waals surface area contributed by atoms with E-state index in [4.69, 9.17) is 9.15 Å². The third kappa shape index (κ3) is 4.10. The second-order valence-electron chi connectivity index (χ2n) is 6.54. The summed E-state index contributed by atoms with van der Waals surface area (Å²) in [4.78, 5) is 24.5. The Hall–Kier alpha value is -4.26. The van der Waals surface area contributed by atoms with Crippen molar-refractivity contribution in [3.63, 3.8) is 0 Å². The van der Waals surface area contributed by atoms with Crippen LogP contribution in [-0.2, 0) is 4.79 Å². The van der Waals surface area contributed by atoms with Gasteiger partial charge in [0.2, 0.25) is 0 Å². The van der Waals surface area contributed by atoms with E-state index in [9.17, 15) is 19.8 Å². The lowest BCUT2D eigenvalue weighted by atomic mass is 10.1. The van der Waals surface area contributed by atoms with Crippen molar-refractivity contribution >= 4 is 22.6 Å². The first-order valence-electron chi connectivity index (χ1n) is 9.07. The van der Waals surface area contributed by atoms with Gasteiger partial charge >= 0.3 is 0 Å². The Balaban J connectivity index is 1.57. The van der Waals surface area contributed by atoms with Crippen LogP contribution in [0, 0.1) is 0 Å². The van der Waals surface area contributed by atoms with Crippen molar-refractivity contribution in [1.82, 2.24) is 0 Å². The van der Waals surface area contributed by atoms with Crippen LogP contribution >= 0.6 is 0 Å². The highest BCUT2D eigenvalue weighted by Crippen LogP contribution is 2.31. The number of rotatable bonds is 5. The number of carbonyl (C=O) groups is 1. The molecule has 3 aromatic carbocycles. The fourth-order valence-corrected chi connectivity index (χ4v) is 3.00. The first kappa shape index (κ1) is 19.1. The molecule has 3 N–H and O–H groups in total. The highest BCUT2D eigenvalue weighted by atomic mass is 16.5. The van der Waals surface area contributed by atoms with Gasteiger partial charge in [-0.1, -0.05) is 36.4 Å². The Bertz CT molecular complexity index is 1280. The molecule has 7 heteroatoms. The number of anilines is 1. The number of fused-ring (bicyclic) bond motifs is 1. The zero-order valence-electron chi connectivity index (χ0n) is 15.7. The van der Waals surface area contributed by atoms with Crippen LogP contribution in [0.1, 0.15) is 0 Å². The largest absolute Gasteiger partial charge is 0.508 e. The molecule has 4 rings (SSSR count). The summed E-state index contributed by atoms with van der Waals surface area (Å²) in [7, 11) is 0. The van der Waals surface area contributed by atoms with Crippen LogP contribution in [0.5, 0.6) is 17.2 Å². The molecule has 1 aromatic heterocycles. The Kier molecular flexibility index (Phi) is 5.09. The molecule has 0 aliphatic carbocycles. The molecule has 0 bridgehead atoms. The minimum absolute atomic E-state index is 0.0254. The lowest BCUT2D eigenvalue weighted by Crippen LogP contribution is -2.20. The van der Waals surface area contributed by atoms with E-state index in [0.29, 0.717) is 17.0 Å². The lowest BCUT2D eigenvalue weighted by Gasteiger charge is -2.10. The van der Waals surface area contributed by atoms with Crippen molar-refractivity contribution in [3.05, 3.63) is 83.0 Å². The molecule has 0 radical (unpaired) electrons. The van der Waals surface area contributed by atoms with Crippen molar-refractivity contribution in [2.24, 2.45) is 0 Å². The second kappa shape index (κ2) is 8.00. The number of ether oxygens (including phenoxy) is 1. The molecule has 1 heterocycles. The number of phenolic OH excluding ortho intramolecular Hbond substituents is 2. The summed E-state index contributed by atoms with van der Waals surface area (Å²) in [6.45, 7) is -0.344. The van der Waals surface area contributed by atoms with Gasteiger partial charge in [0, 0.05) is 35.5 Å². The van der Waals surface area contributed by atoms with E-state index in [1.54, 1.807) is 24.3 Å². The molecule has 7 nitrogen and oxygen atoms in total. The molecular weight excluding hydrogens is 386 g/mol. The highest BCUT2D eigenvalue weighted by molar-refractivity contribution is 5.92. The smallest absolute Gasteiger partial charge is 0.262 e. The fourth-order valence-electron chi connectivity index (χ4n) is 3.00. The van der Waals surface area contributed by atoms with Crippen LogP contribution in [0.3, 0.4) is 0 Å². The van der Waals surface area contributed by atoms with Crippen molar-refractivity contribution < 1.29 is 24.2 Å². The molecule has 0 saturated carbocycles. The number of nitrogens with one attached hydrogen (secondary N) is 1. The van der Waals surface area contributed by atoms with Crippen molar-refractivity contribution in [1.29, 1.82) is 0 Å². The van der Waals surface area contributed by atoms with Crippen LogP contribution in [0.4, 0.5) is 5.69 Å². The van der Waals surface area contributed by atoms with Gasteiger partial charge < -0.3 is 24.7 Å². The molecular formula is C23H17NO6. The van der Waals surface area contributed by atoms with E-state index in [1.807, 2.05) is 18.2 Å². The predicted octanol–water partition coefficient (Wildman–Crippen LogP) is 3.89. The summed E-state index contributed by atoms with van der Waals surface area (Å²) in [5.41, 5.74) is 0.891. The summed E-state index contributed by atoms with van der Waals surface area (Å²) >= 11 is 0. The molecule has 150 valence electrons. The molecule has 0 atom stereocenters. The number of phenols is 2. The highest BCUT2D eigenvalue weighted by Gasteiger charge is 2.14. The maximum Gasteiger partial charge on any atom is 0.262 e. The number of amides is 1. The summed E-state index contributed by atoms with van der Waals surface area (Å²) in [6, 6.07) is 19.2. The zero-order valence-corrected chi connectivity index (χ0v) is 15.7. The van der Waals surface area contributed by atoms with E-state index in [2.05, 4.69) is 5.32 Å². The van der Waals surface area contributed by atoms with Crippen LogP contribution in [0.15, 0.2) is 82.0 Å². The van der Waals surface area contributed by atoms with Crippen LogP contribution in [-0.4, -0.2) is 22.7 Å². The molecule has 0 fully saturated rings. The SMILES string of the molecule is O=C(COc1cc(O)c2c(=O)cc(-c3ccccc3)oc2c1)Nc1cccc(O)c1. The van der Waals surface area contributed by atoms with Crippen LogP contribution < -0.4 is 15.5 Å². The molecule has 4 aromatic rings. The summed E-state index contributed by atoms with van der Waals surface area (Å²) in [6.07, 6.45) is 0. The lowest BCUT2D eigenvalue weighted by molar-refractivity contribution is -0.118. The average Bonchev–Trinajstić information content (AvgIpc) is 2.72. The summed E-state index contributed by atoms with van der Waals surface area (Å²) in [5.74, 6) is -0.216. The number of hydrogen-bond donors (Lipinski definition) is 3. The minimum atomic E-state index is -0.459. The quantitative estimate of drug-likeness (QED) is 0.466. The van der Waals surface area contributed by atoms with E-state index >= 15 is 0 Å². The topological polar surface area (TPSA) is 109 Å². The first-order chi connectivity index (χ1) is 14.5. The van der Waals surface area contributed by atoms with E-state index in [-0.39, 0.29) is 40.3 Å². The van der Waals surface area contributed by atoms with Gasteiger partial charge in [-0.05, 0) is 12.1 Å². The first-order valence-corrected chi connectivity index (χ1v) is 9.07. The number of benzene rings is 3. The van der Waals surface area contributed by atoms with Crippen LogP contribution in [0.2, 0.25) is 0 Å². The van der Waals surface area contributed by atoms with Gasteiger partial charge in [0.1, 0.15) is 34.0 Å². The Morgan fingerprint density at radius 3 is 2.53 bits per heavy atom. The molecule has 0 spiro atoms. The van der Waals surface area contributed by atoms with Crippen molar-refractivity contribution in [2.75, 3.05) is 11.9 Å². The maximum absolute atomic E-state index is 12.5. The van der Waals surface area contributed by atoms with E-state index in [1.165, 1.54) is 30.3 Å². The standard InChI is InChI=1S/C23H17NO6/c25-16-8-4-7-15(9-16)24-22(28)13-29-17-10-18(26)23-19(27)12-20(30-21(23)11-17)14-5-2-1-3-6-14/h1-12,25-26H,13H2,(H,24,28). The van der Waals surface area contributed by atoms with Gasteiger partial charge in [-0.25, -0.2) is 0 Å². The van der Waals surface area contributed by atoms with Gasteiger partial charge in [0.05, 0.1) is 0 Å². The molecule has 0 aliphatic rings. The van der Waals surface area contributed by atoms with Gasteiger partial charge in [0.15, 0.2) is 12.0 Å². The monoisotopic (exact) mass is 403 g/mol. The predicted molar refractivity (Wildman–Crippen MR) is 112 cm³/mol. The third-order valence-corrected chi connectivity index (χ3v) is 4.34. The molecule has 30 heavy (non-hydrogen) atoms. The van der Waals surface area contributed by atoms with Gasteiger partial charge in [-0.15, -0.1) is 0 Å². The number of hydrogen-bond acceptors (Lipinski definition) is 6. The Morgan fingerprint density at radius 2 is 1.77 bits per heavy atom. The Labute approximate surface area is 170 Å². The van der Waals surface area contributed by atoms with Gasteiger partial charge in [-0.2, -0.15) is 0 Å². The van der Waals surface area contributed by atoms with Gasteiger partial charge in [0.25, 0.3) is 5.91 Å². The molecule has 0 aliphatic heterocycles. The Morgan fingerprint density at radius 1 is 0.967 bits per heavy atom. The van der Waals surface area contributed by atoms with Crippen molar-refractivity contribution in [3.8, 4) is 28.6 Å². The second-order valence-corrected chi connectivity index (χ2v) is 6.54. The summed E-state index contributed by atoms with van der Waals surface area (Å²) in [5, 5.41) is 22.3. The van der Waals surface area contributed by atoms with Crippen molar-refractivity contribution in [2.45, 2.75) is 0 Å². The van der Waals surface area contributed by atoms with Crippen LogP contribution in [0.25, 0.3) is 22.3 Å². The summed E-state index contributed by atoms with van der Waals surface area (Å²) < 4.78 is 11.2. The average molecular weight is 403 g/mol. The molecule has 0 saturated heterocycles.